The fourth-order valence-corrected chi connectivity index (χ4v) is 3.63. The van der Waals surface area contributed by atoms with Gasteiger partial charge in [0.15, 0.2) is 0 Å². The zero-order chi connectivity index (χ0) is 18.6. The Hall–Kier alpha value is -2.60. The van der Waals surface area contributed by atoms with Crippen LogP contribution in [0.3, 0.4) is 0 Å². The molecule has 1 amide bonds. The number of anilines is 1. The van der Waals surface area contributed by atoms with Crippen LogP contribution in [0.1, 0.15) is 27.0 Å². The minimum atomic E-state index is -3.80. The van der Waals surface area contributed by atoms with Gasteiger partial charge in [0.25, 0.3) is 15.9 Å². The summed E-state index contributed by atoms with van der Waals surface area (Å²) < 4.78 is 28.1. The van der Waals surface area contributed by atoms with Crippen molar-refractivity contribution in [3.63, 3.8) is 0 Å². The quantitative estimate of drug-likeness (QED) is 0.778. The zero-order valence-electron chi connectivity index (χ0n) is 14.6. The van der Waals surface area contributed by atoms with E-state index in [0.717, 1.165) is 11.1 Å². The van der Waals surface area contributed by atoms with Gasteiger partial charge in [-0.05, 0) is 61.7 Å². The molecule has 0 fully saturated rings. The van der Waals surface area contributed by atoms with E-state index in [9.17, 15) is 13.2 Å². The third-order valence-corrected chi connectivity index (χ3v) is 5.43. The van der Waals surface area contributed by atoms with E-state index in [2.05, 4.69) is 16.6 Å². The van der Waals surface area contributed by atoms with Crippen LogP contribution < -0.4 is 10.0 Å². The molecular formula is C19H22N2O3S. The molecule has 0 spiro atoms. The van der Waals surface area contributed by atoms with Crippen molar-refractivity contribution < 1.29 is 13.2 Å². The topological polar surface area (TPSA) is 75.3 Å². The lowest BCUT2D eigenvalue weighted by atomic mass is 10.1. The van der Waals surface area contributed by atoms with Crippen LogP contribution in [0.25, 0.3) is 0 Å². The van der Waals surface area contributed by atoms with Crippen LogP contribution in [0.5, 0.6) is 0 Å². The summed E-state index contributed by atoms with van der Waals surface area (Å²) in [5.41, 5.74) is 3.42. The van der Waals surface area contributed by atoms with Crippen molar-refractivity contribution in [2.75, 3.05) is 11.3 Å². The molecule has 0 aliphatic carbocycles. The molecule has 0 atom stereocenters. The fourth-order valence-electron chi connectivity index (χ4n) is 2.31. The molecule has 6 heteroatoms. The molecule has 0 unspecified atom stereocenters. The summed E-state index contributed by atoms with van der Waals surface area (Å²) in [5, 5.41) is 2.64. The van der Waals surface area contributed by atoms with Crippen molar-refractivity contribution in [3.8, 4) is 0 Å². The van der Waals surface area contributed by atoms with Gasteiger partial charge >= 0.3 is 0 Å². The van der Waals surface area contributed by atoms with Crippen LogP contribution in [0.4, 0.5) is 5.69 Å². The van der Waals surface area contributed by atoms with Crippen LogP contribution in [0.15, 0.2) is 53.9 Å². The Balaban J connectivity index is 2.36. The van der Waals surface area contributed by atoms with Crippen molar-refractivity contribution in [2.45, 2.75) is 25.7 Å². The summed E-state index contributed by atoms with van der Waals surface area (Å²) in [6.45, 7) is 9.43. The van der Waals surface area contributed by atoms with Gasteiger partial charge in [0.05, 0.1) is 4.90 Å². The minimum absolute atomic E-state index is 0.0805. The molecule has 0 aliphatic heterocycles. The van der Waals surface area contributed by atoms with E-state index >= 15 is 0 Å². The smallest absolute Gasteiger partial charge is 0.262 e. The highest BCUT2D eigenvalue weighted by molar-refractivity contribution is 7.92. The number of amides is 1. The zero-order valence-corrected chi connectivity index (χ0v) is 15.4. The highest BCUT2D eigenvalue weighted by atomic mass is 32.2. The summed E-state index contributed by atoms with van der Waals surface area (Å²) in [5.74, 6) is -0.345. The lowest BCUT2D eigenvalue weighted by molar-refractivity contribution is 0.0958. The summed E-state index contributed by atoms with van der Waals surface area (Å²) >= 11 is 0. The van der Waals surface area contributed by atoms with Crippen LogP contribution >= 0.6 is 0 Å². The predicted molar refractivity (Wildman–Crippen MR) is 100 cm³/mol. The number of carbonyl (C=O) groups excluding carboxylic acids is 1. The molecule has 0 aliphatic rings. The first kappa shape index (κ1) is 18.7. The van der Waals surface area contributed by atoms with E-state index < -0.39 is 10.0 Å². The SMILES string of the molecule is C=CCNC(=O)c1ccc(C)c(S(=O)(=O)Nc2ccc(C)c(C)c2)c1. The minimum Gasteiger partial charge on any atom is -0.349 e. The normalized spacial score (nSPS) is 11.0. The van der Waals surface area contributed by atoms with Crippen molar-refractivity contribution in [2.24, 2.45) is 0 Å². The van der Waals surface area contributed by atoms with Gasteiger partial charge in [-0.1, -0.05) is 18.2 Å². The molecular weight excluding hydrogens is 336 g/mol. The van der Waals surface area contributed by atoms with Crippen molar-refractivity contribution in [1.29, 1.82) is 0 Å². The molecule has 0 heterocycles. The summed E-state index contributed by atoms with van der Waals surface area (Å²) in [4.78, 5) is 12.1. The number of hydrogen-bond acceptors (Lipinski definition) is 3. The first-order valence-electron chi connectivity index (χ1n) is 7.84. The van der Waals surface area contributed by atoms with Gasteiger partial charge in [0.2, 0.25) is 0 Å². The standard InChI is InChI=1S/C19H22N2O3S/c1-5-10-20-19(22)16-8-6-14(3)18(12-16)25(23,24)21-17-9-7-13(2)15(4)11-17/h5-9,11-12,21H,1,10H2,2-4H3,(H,20,22). The molecule has 0 saturated heterocycles. The molecule has 0 radical (unpaired) electrons. The second-order valence-corrected chi connectivity index (χ2v) is 7.53. The Morgan fingerprint density at radius 2 is 1.72 bits per heavy atom. The van der Waals surface area contributed by atoms with E-state index in [4.69, 9.17) is 0 Å². The van der Waals surface area contributed by atoms with Crippen molar-refractivity contribution in [3.05, 3.63) is 71.3 Å². The molecule has 2 aromatic rings. The highest BCUT2D eigenvalue weighted by Crippen LogP contribution is 2.22. The molecule has 132 valence electrons. The molecule has 5 nitrogen and oxygen atoms in total. The van der Waals surface area contributed by atoms with Gasteiger partial charge in [-0.2, -0.15) is 0 Å². The monoisotopic (exact) mass is 358 g/mol. The van der Waals surface area contributed by atoms with Crippen LogP contribution in [-0.2, 0) is 10.0 Å². The lowest BCUT2D eigenvalue weighted by Gasteiger charge is -2.13. The maximum Gasteiger partial charge on any atom is 0.262 e. The molecule has 0 bridgehead atoms. The molecule has 2 rings (SSSR count). The average molecular weight is 358 g/mol. The fraction of sp³-hybridized carbons (Fsp3) is 0.211. The summed E-state index contributed by atoms with van der Waals surface area (Å²) in [7, 11) is -3.80. The van der Waals surface area contributed by atoms with Gasteiger partial charge in [-0.15, -0.1) is 6.58 Å². The second kappa shape index (κ2) is 7.53. The summed E-state index contributed by atoms with van der Waals surface area (Å²) in [6.07, 6.45) is 1.56. The van der Waals surface area contributed by atoms with E-state index in [1.165, 1.54) is 6.07 Å². The molecule has 0 aromatic heterocycles. The van der Waals surface area contributed by atoms with Gasteiger partial charge < -0.3 is 5.32 Å². The number of carbonyl (C=O) groups is 1. The number of benzene rings is 2. The maximum absolute atomic E-state index is 12.7. The lowest BCUT2D eigenvalue weighted by Crippen LogP contribution is -2.24. The highest BCUT2D eigenvalue weighted by Gasteiger charge is 2.19. The van der Waals surface area contributed by atoms with E-state index in [0.29, 0.717) is 17.8 Å². The number of hydrogen-bond donors (Lipinski definition) is 2. The molecule has 2 aromatic carbocycles. The Bertz CT molecular complexity index is 918. The number of nitrogens with one attached hydrogen (secondary N) is 2. The average Bonchev–Trinajstić information content (AvgIpc) is 2.56. The van der Waals surface area contributed by atoms with Gasteiger partial charge in [-0.25, -0.2) is 8.42 Å². The second-order valence-electron chi connectivity index (χ2n) is 5.88. The van der Waals surface area contributed by atoms with Crippen molar-refractivity contribution in [1.82, 2.24) is 5.32 Å². The summed E-state index contributed by atoms with van der Waals surface area (Å²) in [6, 6.07) is 9.97. The van der Waals surface area contributed by atoms with Crippen LogP contribution in [0, 0.1) is 20.8 Å². The first-order chi connectivity index (χ1) is 11.7. The Morgan fingerprint density at radius 1 is 1.04 bits per heavy atom. The van der Waals surface area contributed by atoms with E-state index in [-0.39, 0.29) is 16.4 Å². The molecule has 25 heavy (non-hydrogen) atoms. The number of aryl methyl sites for hydroxylation is 3. The Morgan fingerprint density at radius 3 is 2.36 bits per heavy atom. The van der Waals surface area contributed by atoms with E-state index in [1.807, 2.05) is 19.9 Å². The van der Waals surface area contributed by atoms with Gasteiger partial charge in [0.1, 0.15) is 0 Å². The van der Waals surface area contributed by atoms with Crippen LogP contribution in [0.2, 0.25) is 0 Å². The van der Waals surface area contributed by atoms with Gasteiger partial charge in [0, 0.05) is 17.8 Å². The predicted octanol–water partition coefficient (Wildman–Crippen LogP) is 3.33. The van der Waals surface area contributed by atoms with E-state index in [1.54, 1.807) is 37.3 Å². The Labute approximate surface area is 148 Å². The van der Waals surface area contributed by atoms with Gasteiger partial charge in [-0.3, -0.25) is 9.52 Å². The van der Waals surface area contributed by atoms with Crippen molar-refractivity contribution >= 4 is 21.6 Å². The third-order valence-electron chi connectivity index (χ3n) is 3.91. The third kappa shape index (κ3) is 4.48. The van der Waals surface area contributed by atoms with Crippen LogP contribution in [-0.4, -0.2) is 20.9 Å². The molecule has 0 saturated carbocycles. The number of rotatable bonds is 6. The maximum atomic E-state index is 12.7. The Kier molecular flexibility index (Phi) is 5.64. The first-order valence-corrected chi connectivity index (χ1v) is 9.32. The largest absolute Gasteiger partial charge is 0.349 e. The molecule has 2 N–H and O–H groups in total. The number of sulfonamides is 1.